The number of hydrogen-bond acceptors (Lipinski definition) is 0. The summed E-state index contributed by atoms with van der Waals surface area (Å²) in [5, 5.41) is 0. The van der Waals surface area contributed by atoms with Crippen LogP contribution < -0.4 is 16.4 Å². The zero-order chi connectivity index (χ0) is 39.6. The topological polar surface area (TPSA) is 3.01 Å². The molecule has 0 radical (unpaired) electrons. The van der Waals surface area contributed by atoms with Crippen LogP contribution in [0.15, 0.2) is 53.5 Å². The van der Waals surface area contributed by atoms with E-state index in [0.29, 0.717) is 11.3 Å². The van der Waals surface area contributed by atoms with Gasteiger partial charge in [0.05, 0.1) is 0 Å². The first-order valence-corrected chi connectivity index (χ1v) is 15.1. The lowest BCUT2D eigenvalue weighted by atomic mass is 9.14. The Kier molecular flexibility index (Phi) is 10.3. The van der Waals surface area contributed by atoms with Crippen molar-refractivity contribution in [3.63, 3.8) is 0 Å². The first kappa shape index (κ1) is 39.0. The number of benzene rings is 4. The van der Waals surface area contributed by atoms with Crippen LogP contribution in [0.25, 0.3) is 5.57 Å². The van der Waals surface area contributed by atoms with E-state index in [1.807, 2.05) is 0 Å². The van der Waals surface area contributed by atoms with Crippen LogP contribution in [0.5, 0.6) is 0 Å². The van der Waals surface area contributed by atoms with E-state index in [0.717, 1.165) is 0 Å². The summed E-state index contributed by atoms with van der Waals surface area (Å²) < 4.78 is 232. The number of halogens is 15. The largest absolute Gasteiger partial charge is 0.239 e. The Bertz CT molecular complexity index is 2100. The molecule has 0 heterocycles. The SMILES string of the molecule is CC(C1=C(/C(=C/[B-](c2c(F)c(F)c(F)c(F)c2F)(c2c(F)c(F)c(F)c(F)c2F)c2c(F)c(F)c(F)c(F)c2F)c2ccc(C)cc2)C=CC1)=[N+](C)C. The van der Waals surface area contributed by atoms with Crippen LogP contribution in [0.4, 0.5) is 65.9 Å². The first-order valence-electron chi connectivity index (χ1n) is 15.1. The molecule has 0 saturated heterocycles. The molecule has 4 aromatic rings. The van der Waals surface area contributed by atoms with Gasteiger partial charge >= 0.3 is 0 Å². The molecule has 0 N–H and O–H groups in total. The molecule has 0 atom stereocenters. The van der Waals surface area contributed by atoms with Crippen LogP contribution in [0.2, 0.25) is 0 Å². The van der Waals surface area contributed by atoms with E-state index in [-0.39, 0.29) is 29.1 Å². The molecule has 1 nitrogen and oxygen atoms in total. The molecule has 1 aliphatic carbocycles. The molecule has 0 aromatic heterocycles. The minimum atomic E-state index is -5.93. The third-order valence-electron chi connectivity index (χ3n) is 9.21. The predicted octanol–water partition coefficient (Wildman–Crippen LogP) is 8.16. The van der Waals surface area contributed by atoms with Crippen molar-refractivity contribution in [1.82, 2.24) is 0 Å². The molecule has 0 spiro atoms. The standard InChI is InChI=1S/C36H21BF15N/c1-13-8-10-15(11-9-13)18(17-7-5-6-16(17)14(2)53(3)4)12-37(19-22(38)28(44)34(50)29(45)23(19)39,20-24(40)30(46)35(51)31(47)25(20)41)21-26(42)32(48)36(52)33(49)27(21)43/h5,7-12H,6H2,1-4H3/b18-12+. The molecule has 0 saturated carbocycles. The molecule has 53 heavy (non-hydrogen) atoms. The second kappa shape index (κ2) is 14.0. The number of hydrogen-bond donors (Lipinski definition) is 0. The van der Waals surface area contributed by atoms with Crippen LogP contribution in [0.3, 0.4) is 0 Å². The van der Waals surface area contributed by atoms with Gasteiger partial charge in [0.1, 0.15) is 55.1 Å². The molecular weight excluding hydrogens is 742 g/mol. The van der Waals surface area contributed by atoms with Gasteiger partial charge in [-0.2, -0.15) is 0 Å². The van der Waals surface area contributed by atoms with E-state index in [4.69, 9.17) is 0 Å². The zero-order valence-corrected chi connectivity index (χ0v) is 27.4. The van der Waals surface area contributed by atoms with Gasteiger partial charge in [0.25, 0.3) is 0 Å². The van der Waals surface area contributed by atoms with Crippen molar-refractivity contribution in [2.45, 2.75) is 20.3 Å². The predicted molar refractivity (Wildman–Crippen MR) is 166 cm³/mol. The highest BCUT2D eigenvalue weighted by molar-refractivity contribution is 7.15. The fourth-order valence-corrected chi connectivity index (χ4v) is 6.44. The third-order valence-corrected chi connectivity index (χ3v) is 9.21. The molecule has 0 fully saturated rings. The van der Waals surface area contributed by atoms with Gasteiger partial charge in [0.15, 0.2) is 58.1 Å². The Morgan fingerprint density at radius 2 is 0.849 bits per heavy atom. The van der Waals surface area contributed by atoms with E-state index < -0.39 is 115 Å². The lowest BCUT2D eigenvalue weighted by molar-refractivity contribution is -0.464. The summed E-state index contributed by atoms with van der Waals surface area (Å²) in [6, 6.07) is 5.04. The van der Waals surface area contributed by atoms with Crippen LogP contribution >= 0.6 is 0 Å². The Morgan fingerprint density at radius 3 is 1.17 bits per heavy atom. The summed E-state index contributed by atoms with van der Waals surface area (Å²) in [5.74, 6) is -45.7. The lowest BCUT2D eigenvalue weighted by Gasteiger charge is -2.42. The molecule has 278 valence electrons. The summed E-state index contributed by atoms with van der Waals surface area (Å²) in [6.07, 6.45) is -3.30. The van der Waals surface area contributed by atoms with Gasteiger partial charge in [0.2, 0.25) is 0 Å². The van der Waals surface area contributed by atoms with Gasteiger partial charge in [-0.1, -0.05) is 47.6 Å². The smallest absolute Gasteiger partial charge is 0.200 e. The number of allylic oxidation sites excluding steroid dienone is 5. The molecule has 0 bridgehead atoms. The maximum Gasteiger partial charge on any atom is 0.200 e. The molecule has 0 amide bonds. The van der Waals surface area contributed by atoms with E-state index in [9.17, 15) is 13.2 Å². The monoisotopic (exact) mass is 763 g/mol. The van der Waals surface area contributed by atoms with Crippen molar-refractivity contribution < 1.29 is 70.4 Å². The van der Waals surface area contributed by atoms with Gasteiger partial charge < -0.3 is 0 Å². The molecule has 0 unspecified atom stereocenters. The van der Waals surface area contributed by atoms with Gasteiger partial charge in [-0.05, 0) is 24.5 Å². The Balaban J connectivity index is 2.30. The minimum Gasteiger partial charge on any atom is -0.239 e. The summed E-state index contributed by atoms with van der Waals surface area (Å²) >= 11 is 0. The second-order valence-electron chi connectivity index (χ2n) is 12.3. The Hall–Kier alpha value is -5.22. The molecule has 4 aromatic carbocycles. The van der Waals surface area contributed by atoms with Crippen LogP contribution in [-0.4, -0.2) is 30.5 Å². The van der Waals surface area contributed by atoms with Crippen LogP contribution in [-0.2, 0) is 0 Å². The number of rotatable bonds is 7. The van der Waals surface area contributed by atoms with E-state index in [1.165, 1.54) is 62.0 Å². The highest BCUT2D eigenvalue weighted by atomic mass is 19.2. The van der Waals surface area contributed by atoms with Gasteiger partial charge in [-0.3, -0.25) is 0 Å². The minimum absolute atomic E-state index is 0.00738. The molecule has 1 aliphatic rings. The highest BCUT2D eigenvalue weighted by Crippen LogP contribution is 2.37. The average Bonchev–Trinajstić information content (AvgIpc) is 3.61. The summed E-state index contributed by atoms with van der Waals surface area (Å²) in [6.45, 7) is 3.05. The fraction of sp³-hybridized carbons (Fsp3) is 0.139. The normalized spacial score (nSPS) is 13.5. The molecule has 0 aliphatic heterocycles. The zero-order valence-electron chi connectivity index (χ0n) is 27.4. The maximum atomic E-state index is 16.2. The van der Waals surface area contributed by atoms with E-state index >= 15 is 52.7 Å². The van der Waals surface area contributed by atoms with Crippen molar-refractivity contribution in [3.8, 4) is 0 Å². The summed E-state index contributed by atoms with van der Waals surface area (Å²) in [5.41, 5.74) is -8.13. The number of nitrogens with zero attached hydrogens (tertiary/aromatic N) is 1. The molecule has 17 heteroatoms. The first-order chi connectivity index (χ1) is 24.7. The van der Waals surface area contributed by atoms with E-state index in [2.05, 4.69) is 0 Å². The second-order valence-corrected chi connectivity index (χ2v) is 12.3. The van der Waals surface area contributed by atoms with Gasteiger partial charge in [-0.15, -0.1) is 16.4 Å². The quantitative estimate of drug-likeness (QED) is 0.0447. The Labute approximate surface area is 290 Å². The van der Waals surface area contributed by atoms with Gasteiger partial charge in [-0.25, -0.2) is 76.4 Å². The van der Waals surface area contributed by atoms with Gasteiger partial charge in [0, 0.05) is 12.5 Å². The van der Waals surface area contributed by atoms with E-state index in [1.54, 1.807) is 6.92 Å². The highest BCUT2D eigenvalue weighted by Gasteiger charge is 2.47. The van der Waals surface area contributed by atoms with Crippen molar-refractivity contribution in [2.75, 3.05) is 14.1 Å². The van der Waals surface area contributed by atoms with Crippen molar-refractivity contribution >= 4 is 33.8 Å². The maximum absolute atomic E-state index is 16.2. The van der Waals surface area contributed by atoms with Crippen molar-refractivity contribution in [2.24, 2.45) is 0 Å². The third kappa shape index (κ3) is 5.93. The average molecular weight is 763 g/mol. The van der Waals surface area contributed by atoms with Crippen molar-refractivity contribution in [3.05, 3.63) is 152 Å². The fourth-order valence-electron chi connectivity index (χ4n) is 6.44. The Morgan fingerprint density at radius 1 is 0.528 bits per heavy atom. The lowest BCUT2D eigenvalue weighted by Crippen LogP contribution is -2.72. The van der Waals surface area contributed by atoms with Crippen LogP contribution in [0.1, 0.15) is 24.5 Å². The van der Waals surface area contributed by atoms with Crippen molar-refractivity contribution in [1.29, 1.82) is 0 Å². The summed E-state index contributed by atoms with van der Waals surface area (Å²) in [7, 11) is 3.06. The summed E-state index contributed by atoms with van der Waals surface area (Å²) in [4.78, 5) is 0. The molecular formula is C36H21BF15N. The van der Waals surface area contributed by atoms with Crippen LogP contribution in [0, 0.1) is 94.2 Å². The molecule has 5 rings (SSSR count). The number of aryl methyl sites for hydroxylation is 1.